The third-order valence-electron chi connectivity index (χ3n) is 2.05. The van der Waals surface area contributed by atoms with Gasteiger partial charge in [0.25, 0.3) is 0 Å². The molecule has 2 aromatic rings. The van der Waals surface area contributed by atoms with Crippen LogP contribution in [0.1, 0.15) is 25.6 Å². The summed E-state index contributed by atoms with van der Waals surface area (Å²) in [6.45, 7) is 5.41. The van der Waals surface area contributed by atoms with E-state index in [1.54, 1.807) is 17.1 Å². The molecule has 0 fully saturated rings. The Morgan fingerprint density at radius 2 is 2.38 bits per heavy atom. The highest BCUT2D eigenvalue weighted by Gasteiger charge is 2.08. The van der Waals surface area contributed by atoms with Gasteiger partial charge < -0.3 is 9.84 Å². The molecular formula is C9H14N6O. The summed E-state index contributed by atoms with van der Waals surface area (Å²) < 4.78 is 6.76. The van der Waals surface area contributed by atoms with Gasteiger partial charge in [-0.2, -0.15) is 4.98 Å². The third kappa shape index (κ3) is 2.56. The van der Waals surface area contributed by atoms with Gasteiger partial charge in [-0.05, 0) is 0 Å². The second kappa shape index (κ2) is 4.73. The Kier molecular flexibility index (Phi) is 3.13. The van der Waals surface area contributed by atoms with Crippen LogP contribution in [0.4, 0.5) is 6.01 Å². The fourth-order valence-electron chi connectivity index (χ4n) is 1.17. The van der Waals surface area contributed by atoms with Crippen LogP contribution in [0, 0.1) is 0 Å². The third-order valence-corrected chi connectivity index (χ3v) is 2.05. The van der Waals surface area contributed by atoms with Gasteiger partial charge in [0.2, 0.25) is 0 Å². The molecule has 1 N–H and O–H groups in total. The second-order valence-corrected chi connectivity index (χ2v) is 3.71. The van der Waals surface area contributed by atoms with Crippen LogP contribution in [0.15, 0.2) is 16.9 Å². The summed E-state index contributed by atoms with van der Waals surface area (Å²) in [6.07, 6.45) is 3.44. The molecule has 2 heterocycles. The number of nitrogens with zero attached hydrogens (tertiary/aromatic N) is 5. The largest absolute Gasteiger partial charge is 0.336 e. The van der Waals surface area contributed by atoms with E-state index in [2.05, 4.69) is 25.8 Å². The summed E-state index contributed by atoms with van der Waals surface area (Å²) in [4.78, 5) is 4.19. The van der Waals surface area contributed by atoms with Crippen molar-refractivity contribution in [2.24, 2.45) is 0 Å². The minimum absolute atomic E-state index is 0.273. The van der Waals surface area contributed by atoms with Crippen molar-refractivity contribution in [2.75, 3.05) is 11.9 Å². The van der Waals surface area contributed by atoms with Crippen LogP contribution < -0.4 is 5.32 Å². The van der Waals surface area contributed by atoms with E-state index < -0.39 is 0 Å². The van der Waals surface area contributed by atoms with Crippen LogP contribution in [0.25, 0.3) is 0 Å². The van der Waals surface area contributed by atoms with Gasteiger partial charge in [-0.25, -0.2) is 0 Å². The maximum Gasteiger partial charge on any atom is 0.321 e. The smallest absolute Gasteiger partial charge is 0.321 e. The SMILES string of the molecule is CC(C)c1noc(NCCn2ccnn2)n1. The first-order valence-electron chi connectivity index (χ1n) is 5.17. The Hall–Kier alpha value is -1.92. The molecule has 7 nitrogen and oxygen atoms in total. The van der Waals surface area contributed by atoms with Crippen molar-refractivity contribution < 1.29 is 4.52 Å². The molecule has 7 heteroatoms. The number of aromatic nitrogens is 5. The lowest BCUT2D eigenvalue weighted by Crippen LogP contribution is -2.11. The fourth-order valence-corrected chi connectivity index (χ4v) is 1.17. The van der Waals surface area contributed by atoms with Gasteiger partial charge in [0, 0.05) is 18.7 Å². The van der Waals surface area contributed by atoms with Crippen molar-refractivity contribution >= 4 is 6.01 Å². The molecule has 0 aromatic carbocycles. The average molecular weight is 222 g/mol. The van der Waals surface area contributed by atoms with Crippen LogP contribution in [-0.2, 0) is 6.54 Å². The number of rotatable bonds is 5. The molecule has 16 heavy (non-hydrogen) atoms. The van der Waals surface area contributed by atoms with Gasteiger partial charge in [-0.1, -0.05) is 24.2 Å². The van der Waals surface area contributed by atoms with Crippen LogP contribution in [0.2, 0.25) is 0 Å². The minimum Gasteiger partial charge on any atom is -0.336 e. The molecule has 0 aliphatic rings. The van der Waals surface area contributed by atoms with Crippen molar-refractivity contribution in [1.29, 1.82) is 0 Å². The maximum atomic E-state index is 5.03. The van der Waals surface area contributed by atoms with Gasteiger partial charge in [-0.15, -0.1) is 5.10 Å². The molecule has 0 aliphatic carbocycles. The Morgan fingerprint density at radius 3 is 3.00 bits per heavy atom. The van der Waals surface area contributed by atoms with E-state index in [4.69, 9.17) is 4.52 Å². The Bertz CT molecular complexity index is 421. The molecule has 0 atom stereocenters. The average Bonchev–Trinajstić information content (AvgIpc) is 2.87. The quantitative estimate of drug-likeness (QED) is 0.809. The summed E-state index contributed by atoms with van der Waals surface area (Å²) in [5.41, 5.74) is 0. The first-order chi connectivity index (χ1) is 7.75. The van der Waals surface area contributed by atoms with E-state index in [9.17, 15) is 0 Å². The standard InChI is InChI=1S/C9H14N6O/c1-7(2)8-12-9(16-13-8)10-3-5-15-6-4-11-14-15/h4,6-7H,3,5H2,1-2H3,(H,10,12,13). The lowest BCUT2D eigenvalue weighted by atomic mass is 10.2. The van der Waals surface area contributed by atoms with Crippen molar-refractivity contribution in [3.8, 4) is 0 Å². The Labute approximate surface area is 92.8 Å². The molecule has 2 rings (SSSR count). The van der Waals surface area contributed by atoms with Crippen LogP contribution in [-0.4, -0.2) is 31.7 Å². The maximum absolute atomic E-state index is 5.03. The number of nitrogens with one attached hydrogen (secondary N) is 1. The zero-order chi connectivity index (χ0) is 11.4. The van der Waals surface area contributed by atoms with Gasteiger partial charge in [0.15, 0.2) is 5.82 Å². The fraction of sp³-hybridized carbons (Fsp3) is 0.556. The number of anilines is 1. The highest BCUT2D eigenvalue weighted by atomic mass is 16.5. The van der Waals surface area contributed by atoms with E-state index >= 15 is 0 Å². The molecule has 0 saturated heterocycles. The predicted octanol–water partition coefficient (Wildman–Crippen LogP) is 0.897. The number of hydrogen-bond acceptors (Lipinski definition) is 6. The highest BCUT2D eigenvalue weighted by Crippen LogP contribution is 2.11. The van der Waals surface area contributed by atoms with Crippen LogP contribution >= 0.6 is 0 Å². The topological polar surface area (TPSA) is 81.7 Å². The summed E-state index contributed by atoms with van der Waals surface area (Å²) in [7, 11) is 0. The number of hydrogen-bond donors (Lipinski definition) is 1. The summed E-state index contributed by atoms with van der Waals surface area (Å²) in [5.74, 6) is 0.984. The molecule has 0 aliphatic heterocycles. The molecule has 86 valence electrons. The van der Waals surface area contributed by atoms with Crippen molar-refractivity contribution in [3.05, 3.63) is 18.2 Å². The van der Waals surface area contributed by atoms with Crippen LogP contribution in [0.3, 0.4) is 0 Å². The second-order valence-electron chi connectivity index (χ2n) is 3.71. The summed E-state index contributed by atoms with van der Waals surface area (Å²) >= 11 is 0. The molecule has 0 unspecified atom stereocenters. The minimum atomic E-state index is 0.273. The van der Waals surface area contributed by atoms with Gasteiger partial charge >= 0.3 is 6.01 Å². The summed E-state index contributed by atoms with van der Waals surface area (Å²) in [5, 5.41) is 14.4. The van der Waals surface area contributed by atoms with Crippen molar-refractivity contribution in [3.63, 3.8) is 0 Å². The highest BCUT2D eigenvalue weighted by molar-refractivity contribution is 5.18. The lowest BCUT2D eigenvalue weighted by Gasteiger charge is -1.99. The summed E-state index contributed by atoms with van der Waals surface area (Å²) in [6, 6.07) is 0.448. The normalized spacial score (nSPS) is 10.9. The molecule has 0 radical (unpaired) electrons. The van der Waals surface area contributed by atoms with Gasteiger partial charge in [-0.3, -0.25) is 4.68 Å². The predicted molar refractivity (Wildman–Crippen MR) is 56.9 cm³/mol. The van der Waals surface area contributed by atoms with Crippen LogP contribution in [0.5, 0.6) is 0 Å². The van der Waals surface area contributed by atoms with E-state index in [1.165, 1.54) is 0 Å². The van der Waals surface area contributed by atoms with E-state index in [0.29, 0.717) is 24.9 Å². The molecule has 0 amide bonds. The van der Waals surface area contributed by atoms with E-state index in [0.717, 1.165) is 0 Å². The Balaban J connectivity index is 1.81. The van der Waals surface area contributed by atoms with Crippen molar-refractivity contribution in [1.82, 2.24) is 25.1 Å². The molecule has 0 spiro atoms. The molecule has 2 aromatic heterocycles. The zero-order valence-electron chi connectivity index (χ0n) is 9.29. The van der Waals surface area contributed by atoms with Crippen molar-refractivity contribution in [2.45, 2.75) is 26.3 Å². The molecule has 0 saturated carbocycles. The molecular weight excluding hydrogens is 208 g/mol. The first-order valence-corrected chi connectivity index (χ1v) is 5.17. The first kappa shape index (κ1) is 10.6. The lowest BCUT2D eigenvalue weighted by molar-refractivity contribution is 0.418. The monoisotopic (exact) mass is 222 g/mol. The van der Waals surface area contributed by atoms with E-state index in [1.807, 2.05) is 13.8 Å². The van der Waals surface area contributed by atoms with Gasteiger partial charge in [0.05, 0.1) is 12.7 Å². The Morgan fingerprint density at radius 1 is 1.50 bits per heavy atom. The van der Waals surface area contributed by atoms with E-state index in [-0.39, 0.29) is 5.92 Å². The zero-order valence-corrected chi connectivity index (χ0v) is 9.29. The molecule has 0 bridgehead atoms. The van der Waals surface area contributed by atoms with Gasteiger partial charge in [0.1, 0.15) is 0 Å².